The lowest BCUT2D eigenvalue weighted by molar-refractivity contribution is -0.900. The second-order valence-corrected chi connectivity index (χ2v) is 6.81. The second-order valence-electron chi connectivity index (χ2n) is 5.96. The summed E-state index contributed by atoms with van der Waals surface area (Å²) >= 11 is 3.39. The van der Waals surface area contributed by atoms with E-state index in [1.54, 1.807) is 19.1 Å². The number of quaternary nitrogens is 1. The zero-order chi connectivity index (χ0) is 20.4. The summed E-state index contributed by atoms with van der Waals surface area (Å²) in [7, 11) is 1.49. The predicted molar refractivity (Wildman–Crippen MR) is 105 cm³/mol. The maximum atomic E-state index is 12.0. The fourth-order valence-electron chi connectivity index (χ4n) is 2.57. The van der Waals surface area contributed by atoms with Gasteiger partial charge in [-0.3, -0.25) is 4.79 Å². The molecule has 2 rings (SSSR count). The monoisotopic (exact) mass is 458 g/mol. The van der Waals surface area contributed by atoms with Gasteiger partial charge in [-0.25, -0.2) is 10.2 Å². The Hall–Kier alpha value is -2.17. The number of halogens is 1. The number of carbonyl (C=O) groups excluding carboxylic acids is 2. The number of carbonyl (C=O) groups is 2. The number of nitrogens with one attached hydrogen (secondary N) is 2. The molecule has 0 aromatic heterocycles. The number of nitrogens with zero attached hydrogens (tertiary/aromatic N) is 1. The summed E-state index contributed by atoms with van der Waals surface area (Å²) in [5.74, 6) is 0.178. The van der Waals surface area contributed by atoms with Gasteiger partial charge in [-0.2, -0.15) is 5.10 Å². The lowest BCUT2D eigenvalue weighted by atomic mass is 10.2. The van der Waals surface area contributed by atoms with Crippen LogP contribution in [0.2, 0.25) is 0 Å². The number of ether oxygens (including phenoxy) is 4. The zero-order valence-corrected chi connectivity index (χ0v) is 17.5. The summed E-state index contributed by atoms with van der Waals surface area (Å²) in [6, 6.07) is 3.43. The van der Waals surface area contributed by atoms with Gasteiger partial charge < -0.3 is 23.8 Å². The van der Waals surface area contributed by atoms with E-state index in [4.69, 9.17) is 18.9 Å². The normalized spacial score (nSPS) is 14.7. The summed E-state index contributed by atoms with van der Waals surface area (Å²) in [6.45, 7) is 5.11. The SMILES string of the molecule is CCOC(=O)COc1c(Br)cc(C=NNC(=O)C[NH+]2CCOCC2)cc1OC. The number of esters is 1. The molecule has 0 spiro atoms. The number of hydrazone groups is 1. The van der Waals surface area contributed by atoms with Gasteiger partial charge in [0.2, 0.25) is 0 Å². The van der Waals surface area contributed by atoms with Crippen LogP contribution in [0.3, 0.4) is 0 Å². The molecule has 28 heavy (non-hydrogen) atoms. The van der Waals surface area contributed by atoms with E-state index >= 15 is 0 Å². The average Bonchev–Trinajstić information content (AvgIpc) is 2.67. The molecule has 1 aliphatic heterocycles. The van der Waals surface area contributed by atoms with Crippen LogP contribution in [0.15, 0.2) is 21.7 Å². The number of benzene rings is 1. The Labute approximate surface area is 172 Å². The molecule has 0 aliphatic carbocycles. The summed E-state index contributed by atoms with van der Waals surface area (Å²) in [4.78, 5) is 24.6. The smallest absolute Gasteiger partial charge is 0.344 e. The van der Waals surface area contributed by atoms with Crippen molar-refractivity contribution in [3.8, 4) is 11.5 Å². The van der Waals surface area contributed by atoms with Gasteiger partial charge in [0.15, 0.2) is 24.7 Å². The van der Waals surface area contributed by atoms with Crippen molar-refractivity contribution in [1.82, 2.24) is 5.43 Å². The highest BCUT2D eigenvalue weighted by atomic mass is 79.9. The number of hydrogen-bond donors (Lipinski definition) is 2. The van der Waals surface area contributed by atoms with Crippen LogP contribution in [0.5, 0.6) is 11.5 Å². The van der Waals surface area contributed by atoms with Gasteiger partial charge in [0, 0.05) is 0 Å². The lowest BCUT2D eigenvalue weighted by Gasteiger charge is -2.22. The molecule has 0 saturated carbocycles. The van der Waals surface area contributed by atoms with E-state index < -0.39 is 5.97 Å². The maximum Gasteiger partial charge on any atom is 0.344 e. The summed E-state index contributed by atoms with van der Waals surface area (Å²) in [5.41, 5.74) is 3.21. The number of rotatable bonds is 9. The minimum Gasteiger partial charge on any atom is -0.493 e. The van der Waals surface area contributed by atoms with E-state index in [-0.39, 0.29) is 19.1 Å². The molecular formula is C18H25BrN3O6+. The van der Waals surface area contributed by atoms with E-state index in [0.717, 1.165) is 13.1 Å². The largest absolute Gasteiger partial charge is 0.493 e. The van der Waals surface area contributed by atoms with Crippen molar-refractivity contribution < 1.29 is 33.4 Å². The standard InChI is InChI=1S/C18H24BrN3O6/c1-3-27-17(24)12-28-18-14(19)8-13(9-15(18)25-2)10-20-21-16(23)11-22-4-6-26-7-5-22/h8-10H,3-7,11-12H2,1-2H3,(H,21,23)/p+1. The minimum absolute atomic E-state index is 0.159. The molecular weight excluding hydrogens is 434 g/mol. The quantitative estimate of drug-likeness (QED) is 0.301. The maximum absolute atomic E-state index is 12.0. The first-order chi connectivity index (χ1) is 13.5. The van der Waals surface area contributed by atoms with Crippen LogP contribution in [-0.4, -0.2) is 71.3 Å². The first kappa shape index (κ1) is 22.1. The molecule has 9 nitrogen and oxygen atoms in total. The van der Waals surface area contributed by atoms with Gasteiger partial charge in [0.25, 0.3) is 5.91 Å². The van der Waals surface area contributed by atoms with Gasteiger partial charge in [-0.05, 0) is 40.5 Å². The van der Waals surface area contributed by atoms with Gasteiger partial charge in [0.05, 0.1) is 37.6 Å². The predicted octanol–water partition coefficient (Wildman–Crippen LogP) is -0.235. The van der Waals surface area contributed by atoms with Crippen LogP contribution in [0.25, 0.3) is 0 Å². The van der Waals surface area contributed by atoms with Crippen molar-refractivity contribution >= 4 is 34.0 Å². The van der Waals surface area contributed by atoms with Crippen LogP contribution >= 0.6 is 15.9 Å². The van der Waals surface area contributed by atoms with Crippen LogP contribution in [0.4, 0.5) is 0 Å². The van der Waals surface area contributed by atoms with E-state index in [1.807, 2.05) is 0 Å². The Morgan fingerprint density at radius 2 is 2.11 bits per heavy atom. The zero-order valence-electron chi connectivity index (χ0n) is 16.0. The Balaban J connectivity index is 1.93. The minimum atomic E-state index is -0.466. The third-order valence-electron chi connectivity index (χ3n) is 3.90. The molecule has 1 aromatic rings. The molecule has 0 atom stereocenters. The summed E-state index contributed by atoms with van der Waals surface area (Å²) in [5, 5.41) is 3.99. The van der Waals surface area contributed by atoms with Crippen LogP contribution in [0.1, 0.15) is 12.5 Å². The van der Waals surface area contributed by atoms with Crippen molar-refractivity contribution in [2.45, 2.75) is 6.92 Å². The molecule has 1 fully saturated rings. The van der Waals surface area contributed by atoms with Crippen molar-refractivity contribution in [3.63, 3.8) is 0 Å². The van der Waals surface area contributed by atoms with Gasteiger partial charge in [-0.15, -0.1) is 0 Å². The summed E-state index contributed by atoms with van der Waals surface area (Å²) < 4.78 is 21.5. The first-order valence-electron chi connectivity index (χ1n) is 8.92. The molecule has 2 N–H and O–H groups in total. The number of morpholine rings is 1. The molecule has 1 saturated heterocycles. The fraction of sp³-hybridized carbons (Fsp3) is 0.500. The van der Waals surface area contributed by atoms with Crippen molar-refractivity contribution in [1.29, 1.82) is 0 Å². The van der Waals surface area contributed by atoms with Crippen LogP contribution in [0, 0.1) is 0 Å². The number of amides is 1. The molecule has 10 heteroatoms. The van der Waals surface area contributed by atoms with Gasteiger partial charge >= 0.3 is 5.97 Å². The lowest BCUT2D eigenvalue weighted by Crippen LogP contribution is -3.15. The Morgan fingerprint density at radius 1 is 1.36 bits per heavy atom. The second kappa shape index (κ2) is 11.6. The first-order valence-corrected chi connectivity index (χ1v) is 9.72. The molecule has 1 aromatic carbocycles. The van der Waals surface area contributed by atoms with E-state index in [0.29, 0.717) is 41.3 Å². The van der Waals surface area contributed by atoms with Crippen molar-refractivity contribution in [2.75, 3.05) is 53.2 Å². The average molecular weight is 459 g/mol. The molecule has 1 aliphatic rings. The third kappa shape index (κ3) is 7.10. The number of hydrogen-bond acceptors (Lipinski definition) is 7. The topological polar surface area (TPSA) is 99.9 Å². The van der Waals surface area contributed by atoms with E-state index in [9.17, 15) is 9.59 Å². The summed E-state index contributed by atoms with van der Waals surface area (Å²) in [6.07, 6.45) is 1.51. The highest BCUT2D eigenvalue weighted by Crippen LogP contribution is 2.36. The van der Waals surface area contributed by atoms with Crippen LogP contribution in [-0.2, 0) is 19.1 Å². The van der Waals surface area contributed by atoms with E-state index in [1.165, 1.54) is 18.2 Å². The van der Waals surface area contributed by atoms with Crippen molar-refractivity contribution in [2.24, 2.45) is 5.10 Å². The molecule has 1 amide bonds. The number of methoxy groups -OCH3 is 1. The molecule has 0 radical (unpaired) electrons. The van der Waals surface area contributed by atoms with Gasteiger partial charge in [0.1, 0.15) is 13.1 Å². The third-order valence-corrected chi connectivity index (χ3v) is 4.49. The van der Waals surface area contributed by atoms with Crippen molar-refractivity contribution in [3.05, 3.63) is 22.2 Å². The van der Waals surface area contributed by atoms with Gasteiger partial charge in [-0.1, -0.05) is 0 Å². The highest BCUT2D eigenvalue weighted by molar-refractivity contribution is 9.10. The molecule has 0 bridgehead atoms. The van der Waals surface area contributed by atoms with Crippen LogP contribution < -0.4 is 19.8 Å². The molecule has 154 valence electrons. The van der Waals surface area contributed by atoms with E-state index in [2.05, 4.69) is 26.5 Å². The Bertz CT molecular complexity index is 707. The molecule has 1 heterocycles. The Kier molecular flexibility index (Phi) is 9.18. The Morgan fingerprint density at radius 3 is 2.79 bits per heavy atom. The fourth-order valence-corrected chi connectivity index (χ4v) is 3.14. The highest BCUT2D eigenvalue weighted by Gasteiger charge is 2.17. The molecule has 0 unspecified atom stereocenters.